The van der Waals surface area contributed by atoms with E-state index in [1.165, 1.54) is 17.5 Å². The highest BCUT2D eigenvalue weighted by molar-refractivity contribution is 7.16. The highest BCUT2D eigenvalue weighted by Gasteiger charge is 2.25. The van der Waals surface area contributed by atoms with E-state index in [2.05, 4.69) is 21.5 Å². The molecule has 0 spiro atoms. The van der Waals surface area contributed by atoms with Crippen LogP contribution in [-0.4, -0.2) is 26.9 Å². The molecule has 7 heteroatoms. The molecule has 0 aliphatic heterocycles. The molecule has 0 bridgehead atoms. The van der Waals surface area contributed by atoms with Gasteiger partial charge in [-0.1, -0.05) is 0 Å². The first-order chi connectivity index (χ1) is 11.2. The van der Waals surface area contributed by atoms with E-state index in [1.54, 1.807) is 10.6 Å². The number of anilines is 1. The molecule has 6 nitrogen and oxygen atoms in total. The molecule has 1 aliphatic carbocycles. The highest BCUT2D eigenvalue weighted by Crippen LogP contribution is 2.35. The first kappa shape index (κ1) is 13.9. The smallest absolute Gasteiger partial charge is 0.168 e. The van der Waals surface area contributed by atoms with Crippen molar-refractivity contribution in [1.82, 2.24) is 14.6 Å². The zero-order chi connectivity index (χ0) is 16.0. The summed E-state index contributed by atoms with van der Waals surface area (Å²) in [5, 5.41) is 16.8. The fourth-order valence-corrected chi connectivity index (χ4v) is 3.38. The minimum atomic E-state index is 0.453. The summed E-state index contributed by atoms with van der Waals surface area (Å²) in [6.07, 6.45) is 4.58. The first-order valence-electron chi connectivity index (χ1n) is 7.31. The lowest BCUT2D eigenvalue weighted by molar-refractivity contribution is 0.112. The van der Waals surface area contributed by atoms with Gasteiger partial charge < -0.3 is 5.32 Å². The lowest BCUT2D eigenvalue weighted by atomic mass is 10.2. The average molecular weight is 323 g/mol. The number of hydrogen-bond donors (Lipinski definition) is 1. The van der Waals surface area contributed by atoms with Crippen LogP contribution in [0, 0.1) is 18.3 Å². The lowest BCUT2D eigenvalue weighted by Crippen LogP contribution is -2.11. The molecule has 4 rings (SSSR count). The molecule has 1 aliphatic rings. The van der Waals surface area contributed by atoms with Crippen molar-refractivity contribution < 1.29 is 4.79 Å². The number of hydrogen-bond acceptors (Lipinski definition) is 6. The van der Waals surface area contributed by atoms with E-state index in [4.69, 9.17) is 5.26 Å². The maximum absolute atomic E-state index is 11.3. The Morgan fingerprint density at radius 2 is 2.30 bits per heavy atom. The summed E-state index contributed by atoms with van der Waals surface area (Å²) in [4.78, 5) is 17.5. The fraction of sp³-hybridized carbons (Fsp3) is 0.250. The van der Waals surface area contributed by atoms with Crippen LogP contribution < -0.4 is 5.32 Å². The van der Waals surface area contributed by atoms with Crippen LogP contribution in [0.2, 0.25) is 0 Å². The number of carbonyl (C=O) groups excluding carboxylic acids is 1. The Kier molecular flexibility index (Phi) is 3.13. The van der Waals surface area contributed by atoms with E-state index < -0.39 is 0 Å². The summed E-state index contributed by atoms with van der Waals surface area (Å²) in [5.74, 6) is 0.868. The first-order valence-corrected chi connectivity index (χ1v) is 8.13. The van der Waals surface area contributed by atoms with E-state index in [0.29, 0.717) is 22.1 Å². The predicted octanol–water partition coefficient (Wildman–Crippen LogP) is 3.02. The number of fused-ring (bicyclic) bond motifs is 1. The van der Waals surface area contributed by atoms with E-state index in [1.807, 2.05) is 13.0 Å². The molecule has 0 atom stereocenters. The molecule has 0 radical (unpaired) electrons. The second-order valence-corrected chi connectivity index (χ2v) is 6.67. The highest BCUT2D eigenvalue weighted by atomic mass is 32.1. The molecule has 23 heavy (non-hydrogen) atoms. The second kappa shape index (κ2) is 5.18. The van der Waals surface area contributed by atoms with E-state index >= 15 is 0 Å². The minimum Gasteiger partial charge on any atom is -0.367 e. The van der Waals surface area contributed by atoms with Gasteiger partial charge in [0.25, 0.3) is 0 Å². The molecule has 3 heterocycles. The van der Waals surface area contributed by atoms with Crippen molar-refractivity contribution >= 4 is 29.1 Å². The van der Waals surface area contributed by atoms with Gasteiger partial charge in [-0.3, -0.25) is 4.79 Å². The monoisotopic (exact) mass is 323 g/mol. The third kappa shape index (κ3) is 2.28. The molecule has 114 valence electrons. The molecule has 3 aromatic rings. The van der Waals surface area contributed by atoms with Crippen molar-refractivity contribution in [2.75, 3.05) is 5.32 Å². The summed E-state index contributed by atoms with van der Waals surface area (Å²) in [7, 11) is 0. The lowest BCUT2D eigenvalue weighted by Gasteiger charge is -2.13. The molecular weight excluding hydrogens is 310 g/mol. The molecule has 1 N–H and O–H groups in total. The third-order valence-corrected chi connectivity index (χ3v) is 4.90. The molecule has 1 fully saturated rings. The van der Waals surface area contributed by atoms with Gasteiger partial charge in [0.05, 0.1) is 22.3 Å². The number of thiophene rings is 1. The van der Waals surface area contributed by atoms with Gasteiger partial charge in [0.2, 0.25) is 0 Å². The molecular formula is C16H13N5OS. The van der Waals surface area contributed by atoms with Crippen molar-refractivity contribution in [3.05, 3.63) is 34.3 Å². The summed E-state index contributed by atoms with van der Waals surface area (Å²) in [6.45, 7) is 1.99. The maximum Gasteiger partial charge on any atom is 0.168 e. The minimum absolute atomic E-state index is 0.453. The second-order valence-electron chi connectivity index (χ2n) is 5.58. The van der Waals surface area contributed by atoms with Crippen molar-refractivity contribution in [3.8, 4) is 16.6 Å². The predicted molar refractivity (Wildman–Crippen MR) is 87.8 cm³/mol. The summed E-state index contributed by atoms with van der Waals surface area (Å²) >= 11 is 1.40. The van der Waals surface area contributed by atoms with Gasteiger partial charge in [0.1, 0.15) is 16.8 Å². The van der Waals surface area contributed by atoms with Crippen LogP contribution in [0.15, 0.2) is 18.3 Å². The largest absolute Gasteiger partial charge is 0.367 e. The molecule has 1 saturated carbocycles. The van der Waals surface area contributed by atoms with Gasteiger partial charge in [-0.25, -0.2) is 4.98 Å². The number of carbonyl (C=O) groups is 1. The zero-order valence-electron chi connectivity index (χ0n) is 12.4. The van der Waals surface area contributed by atoms with Crippen LogP contribution in [-0.2, 0) is 0 Å². The topological polar surface area (TPSA) is 83.1 Å². The Labute approximate surface area is 136 Å². The fourth-order valence-electron chi connectivity index (χ4n) is 2.53. The van der Waals surface area contributed by atoms with E-state index in [-0.39, 0.29) is 0 Å². The van der Waals surface area contributed by atoms with E-state index in [9.17, 15) is 4.79 Å². The SMILES string of the molecule is Cc1c(-c2ccc(C#N)s2)nc2c(C=O)cnn2c1NC1CC1. The molecule has 3 aromatic heterocycles. The normalized spacial score (nSPS) is 13.9. The number of aromatic nitrogens is 3. The van der Waals surface area contributed by atoms with E-state index in [0.717, 1.165) is 41.1 Å². The van der Waals surface area contributed by atoms with Crippen LogP contribution in [0.4, 0.5) is 5.82 Å². The van der Waals surface area contributed by atoms with Gasteiger partial charge in [-0.05, 0) is 31.9 Å². The Hall–Kier alpha value is -2.72. The van der Waals surface area contributed by atoms with Crippen molar-refractivity contribution in [3.63, 3.8) is 0 Å². The van der Waals surface area contributed by atoms with Crippen LogP contribution in [0.3, 0.4) is 0 Å². The number of rotatable bonds is 4. The van der Waals surface area contributed by atoms with Crippen LogP contribution in [0.5, 0.6) is 0 Å². The van der Waals surface area contributed by atoms with Gasteiger partial charge in [-0.15, -0.1) is 11.3 Å². The summed E-state index contributed by atoms with van der Waals surface area (Å²) in [6, 6.07) is 6.29. The molecule has 0 saturated heterocycles. The van der Waals surface area contributed by atoms with Gasteiger partial charge in [0.15, 0.2) is 11.9 Å². The van der Waals surface area contributed by atoms with Crippen LogP contribution in [0.25, 0.3) is 16.2 Å². The van der Waals surface area contributed by atoms with Gasteiger partial charge >= 0.3 is 0 Å². The average Bonchev–Trinajstić information content (AvgIpc) is 3.10. The Bertz CT molecular complexity index is 961. The van der Waals surface area contributed by atoms with Gasteiger partial charge in [-0.2, -0.15) is 14.9 Å². The molecule has 0 unspecified atom stereocenters. The number of nitrogens with one attached hydrogen (secondary N) is 1. The Morgan fingerprint density at radius 3 is 2.96 bits per heavy atom. The standard InChI is InChI=1S/C16H13N5OS/c1-9-14(13-5-4-12(6-17)23-13)20-16-10(8-22)7-18-21(16)15(9)19-11-2-3-11/h4-5,7-8,11,19H,2-3H2,1H3. The van der Waals surface area contributed by atoms with Gasteiger partial charge in [0, 0.05) is 11.6 Å². The summed E-state index contributed by atoms with van der Waals surface area (Å²) < 4.78 is 1.69. The molecule has 0 amide bonds. The summed E-state index contributed by atoms with van der Waals surface area (Å²) in [5.41, 5.74) is 2.75. The zero-order valence-corrected chi connectivity index (χ0v) is 13.2. The quantitative estimate of drug-likeness (QED) is 0.746. The number of aldehydes is 1. The van der Waals surface area contributed by atoms with Crippen LogP contribution >= 0.6 is 11.3 Å². The Morgan fingerprint density at radius 1 is 1.48 bits per heavy atom. The van der Waals surface area contributed by atoms with Crippen molar-refractivity contribution in [2.24, 2.45) is 0 Å². The number of nitriles is 1. The maximum atomic E-state index is 11.3. The third-order valence-electron chi connectivity index (χ3n) is 3.91. The van der Waals surface area contributed by atoms with Crippen molar-refractivity contribution in [2.45, 2.75) is 25.8 Å². The number of nitrogens with zero attached hydrogens (tertiary/aromatic N) is 4. The molecule has 0 aromatic carbocycles. The Balaban J connectivity index is 1.97. The van der Waals surface area contributed by atoms with Crippen LogP contribution in [0.1, 0.15) is 33.6 Å². The van der Waals surface area contributed by atoms with Crippen molar-refractivity contribution in [1.29, 1.82) is 5.26 Å².